The molecule has 0 unspecified atom stereocenters. The molecule has 1 aromatic heterocycles. The molecular formula is C21H36N2. The van der Waals surface area contributed by atoms with Crippen molar-refractivity contribution in [3.8, 4) is 0 Å². The van der Waals surface area contributed by atoms with Gasteiger partial charge in [0.2, 0.25) is 0 Å². The molecule has 1 heterocycles. The lowest BCUT2D eigenvalue weighted by Crippen LogP contribution is -2.30. The van der Waals surface area contributed by atoms with E-state index in [4.69, 9.17) is 5.10 Å². The smallest absolute Gasteiger partial charge is 0.0533 e. The van der Waals surface area contributed by atoms with Gasteiger partial charge in [0, 0.05) is 5.69 Å². The minimum absolute atomic E-state index is 0.604. The molecule has 0 N–H and O–H groups in total. The third-order valence-electron chi connectivity index (χ3n) is 6.15. The summed E-state index contributed by atoms with van der Waals surface area (Å²) >= 11 is 0. The first-order valence-corrected chi connectivity index (χ1v) is 10.2. The summed E-state index contributed by atoms with van der Waals surface area (Å²) in [6, 6.07) is 0.706. The Kier molecular flexibility index (Phi) is 5.49. The zero-order valence-electron chi connectivity index (χ0n) is 15.6. The molecule has 0 radical (unpaired) electrons. The second-order valence-electron chi connectivity index (χ2n) is 8.59. The average Bonchev–Trinajstić information content (AvgIpc) is 3.19. The largest absolute Gasteiger partial charge is 0.266 e. The summed E-state index contributed by atoms with van der Waals surface area (Å²) in [5.41, 5.74) is 3.84. The number of unbranched alkanes of at least 4 members (excludes halogenated alkanes) is 6. The Labute approximate surface area is 143 Å². The predicted molar refractivity (Wildman–Crippen MR) is 98.0 cm³/mol. The van der Waals surface area contributed by atoms with Gasteiger partial charge in [-0.15, -0.1) is 0 Å². The fourth-order valence-electron chi connectivity index (χ4n) is 4.50. The Hall–Kier alpha value is -0.790. The number of nitrogens with zero attached hydrogens (tertiary/aromatic N) is 2. The molecular weight excluding hydrogens is 280 g/mol. The van der Waals surface area contributed by atoms with Gasteiger partial charge in [0.1, 0.15) is 0 Å². The van der Waals surface area contributed by atoms with Gasteiger partial charge in [-0.25, -0.2) is 0 Å². The summed E-state index contributed by atoms with van der Waals surface area (Å²) in [6.07, 6.45) is 18.9. The summed E-state index contributed by atoms with van der Waals surface area (Å²) < 4.78 is 2.41. The number of hydrogen-bond acceptors (Lipinski definition) is 1. The van der Waals surface area contributed by atoms with E-state index in [9.17, 15) is 0 Å². The van der Waals surface area contributed by atoms with Crippen LogP contribution in [0.1, 0.15) is 115 Å². The van der Waals surface area contributed by atoms with Crippen molar-refractivity contribution in [3.63, 3.8) is 0 Å². The van der Waals surface area contributed by atoms with E-state index in [1.807, 2.05) is 0 Å². The van der Waals surface area contributed by atoms with Crippen molar-refractivity contribution in [1.29, 1.82) is 0 Å². The first kappa shape index (κ1) is 17.0. The lowest BCUT2D eigenvalue weighted by atomic mass is 9.77. The van der Waals surface area contributed by atoms with E-state index in [1.54, 1.807) is 0 Å². The number of rotatable bonds is 10. The molecule has 0 aromatic carbocycles. The van der Waals surface area contributed by atoms with Crippen LogP contribution >= 0.6 is 0 Å². The van der Waals surface area contributed by atoms with Crippen molar-refractivity contribution in [2.24, 2.45) is 5.41 Å². The Morgan fingerprint density at radius 1 is 1.09 bits per heavy atom. The topological polar surface area (TPSA) is 17.8 Å². The SMILES string of the molecule is CCCCCCCCCc1cnn(C2CC3(CC3)C2)c1C(C)C. The van der Waals surface area contributed by atoms with Crippen LogP contribution in [0.5, 0.6) is 0 Å². The Morgan fingerprint density at radius 3 is 2.35 bits per heavy atom. The van der Waals surface area contributed by atoms with Gasteiger partial charge in [-0.05, 0) is 55.4 Å². The average molecular weight is 317 g/mol. The number of aryl methyl sites for hydroxylation is 1. The monoisotopic (exact) mass is 316 g/mol. The van der Waals surface area contributed by atoms with Gasteiger partial charge in [-0.1, -0.05) is 59.3 Å². The zero-order chi connectivity index (χ0) is 16.3. The van der Waals surface area contributed by atoms with E-state index < -0.39 is 0 Å². The van der Waals surface area contributed by atoms with Crippen LogP contribution < -0.4 is 0 Å². The van der Waals surface area contributed by atoms with E-state index in [2.05, 4.69) is 31.6 Å². The standard InChI is InChI=1S/C21H36N2/c1-4-5-6-7-8-9-10-11-18-16-22-23(20(18)17(2)3)19-14-21(15-19)12-13-21/h16-17,19H,4-15H2,1-3H3. The second-order valence-corrected chi connectivity index (χ2v) is 8.59. The van der Waals surface area contributed by atoms with E-state index in [0.29, 0.717) is 12.0 Å². The van der Waals surface area contributed by atoms with E-state index in [-0.39, 0.29) is 0 Å². The van der Waals surface area contributed by atoms with Gasteiger partial charge in [-0.3, -0.25) is 4.68 Å². The van der Waals surface area contributed by atoms with Crippen molar-refractivity contribution >= 4 is 0 Å². The van der Waals surface area contributed by atoms with Crippen molar-refractivity contribution in [2.75, 3.05) is 0 Å². The third-order valence-corrected chi connectivity index (χ3v) is 6.15. The quantitative estimate of drug-likeness (QED) is 0.456. The van der Waals surface area contributed by atoms with E-state index >= 15 is 0 Å². The lowest BCUT2D eigenvalue weighted by molar-refractivity contribution is 0.156. The minimum atomic E-state index is 0.604. The molecule has 0 amide bonds. The molecule has 2 saturated carbocycles. The first-order valence-electron chi connectivity index (χ1n) is 10.2. The second kappa shape index (κ2) is 7.40. The van der Waals surface area contributed by atoms with Crippen LogP contribution in [0.25, 0.3) is 0 Å². The van der Waals surface area contributed by atoms with Crippen LogP contribution in [0.3, 0.4) is 0 Å². The van der Waals surface area contributed by atoms with Crippen LogP contribution in [0.2, 0.25) is 0 Å². The summed E-state index contributed by atoms with van der Waals surface area (Å²) in [4.78, 5) is 0. The highest BCUT2D eigenvalue weighted by molar-refractivity contribution is 5.23. The van der Waals surface area contributed by atoms with Gasteiger partial charge in [0.25, 0.3) is 0 Å². The molecule has 0 saturated heterocycles. The summed E-state index contributed by atoms with van der Waals surface area (Å²) in [5, 5.41) is 4.81. The van der Waals surface area contributed by atoms with Crippen molar-refractivity contribution in [2.45, 2.75) is 110 Å². The summed E-state index contributed by atoms with van der Waals surface area (Å²) in [5.74, 6) is 0.604. The first-order chi connectivity index (χ1) is 11.2. The van der Waals surface area contributed by atoms with Crippen molar-refractivity contribution in [3.05, 3.63) is 17.5 Å². The minimum Gasteiger partial charge on any atom is -0.266 e. The molecule has 2 nitrogen and oxygen atoms in total. The third kappa shape index (κ3) is 4.00. The molecule has 0 aliphatic heterocycles. The maximum Gasteiger partial charge on any atom is 0.0533 e. The van der Waals surface area contributed by atoms with Gasteiger partial charge >= 0.3 is 0 Å². The maximum atomic E-state index is 4.81. The highest BCUT2D eigenvalue weighted by Crippen LogP contribution is 2.65. The number of aromatic nitrogens is 2. The summed E-state index contributed by atoms with van der Waals surface area (Å²) in [7, 11) is 0. The van der Waals surface area contributed by atoms with Gasteiger partial charge in [-0.2, -0.15) is 5.10 Å². The molecule has 1 aromatic rings. The molecule has 2 aliphatic rings. The summed E-state index contributed by atoms with van der Waals surface area (Å²) in [6.45, 7) is 6.97. The predicted octanol–water partition coefficient (Wildman–Crippen LogP) is 6.41. The van der Waals surface area contributed by atoms with Gasteiger partial charge in [0.15, 0.2) is 0 Å². The van der Waals surface area contributed by atoms with Crippen molar-refractivity contribution < 1.29 is 0 Å². The Bertz CT molecular complexity index is 488. The molecule has 1 spiro atoms. The highest BCUT2D eigenvalue weighted by atomic mass is 15.3. The molecule has 2 heteroatoms. The van der Waals surface area contributed by atoms with Crippen LogP contribution in [-0.2, 0) is 6.42 Å². The lowest BCUT2D eigenvalue weighted by Gasteiger charge is -2.37. The highest BCUT2D eigenvalue weighted by Gasteiger charge is 2.54. The van der Waals surface area contributed by atoms with E-state index in [1.165, 1.54) is 88.3 Å². The van der Waals surface area contributed by atoms with E-state index in [0.717, 1.165) is 5.41 Å². The molecule has 2 aliphatic carbocycles. The fourth-order valence-corrected chi connectivity index (χ4v) is 4.50. The van der Waals surface area contributed by atoms with Crippen LogP contribution in [0, 0.1) is 5.41 Å². The molecule has 2 fully saturated rings. The molecule has 23 heavy (non-hydrogen) atoms. The van der Waals surface area contributed by atoms with Crippen LogP contribution in [-0.4, -0.2) is 9.78 Å². The van der Waals surface area contributed by atoms with Crippen LogP contribution in [0.4, 0.5) is 0 Å². The van der Waals surface area contributed by atoms with Gasteiger partial charge < -0.3 is 0 Å². The normalized spacial score (nSPS) is 19.5. The Morgan fingerprint density at radius 2 is 1.74 bits per heavy atom. The molecule has 0 bridgehead atoms. The molecule has 3 rings (SSSR count). The van der Waals surface area contributed by atoms with Crippen LogP contribution in [0.15, 0.2) is 6.20 Å². The Balaban J connectivity index is 1.48. The molecule has 0 atom stereocenters. The maximum absolute atomic E-state index is 4.81. The zero-order valence-corrected chi connectivity index (χ0v) is 15.6. The van der Waals surface area contributed by atoms with Crippen molar-refractivity contribution in [1.82, 2.24) is 9.78 Å². The van der Waals surface area contributed by atoms with Gasteiger partial charge in [0.05, 0.1) is 12.2 Å². The fraction of sp³-hybridized carbons (Fsp3) is 0.857. The number of hydrogen-bond donors (Lipinski definition) is 0. The molecule has 130 valence electrons.